The van der Waals surface area contributed by atoms with Crippen molar-refractivity contribution in [1.82, 2.24) is 9.88 Å². The molecule has 0 bridgehead atoms. The van der Waals surface area contributed by atoms with E-state index in [-0.39, 0.29) is 5.76 Å². The molecule has 0 atom stereocenters. The zero-order chi connectivity index (χ0) is 18.8. The largest absolute Gasteiger partial charge is 0.510 e. The van der Waals surface area contributed by atoms with Crippen LogP contribution in [0.2, 0.25) is 0 Å². The van der Waals surface area contributed by atoms with Crippen LogP contribution in [0.5, 0.6) is 0 Å². The third-order valence-electron chi connectivity index (χ3n) is 4.75. The summed E-state index contributed by atoms with van der Waals surface area (Å²) >= 11 is 1.53. The van der Waals surface area contributed by atoms with Gasteiger partial charge in [0.1, 0.15) is 16.6 Å². The second-order valence-electron chi connectivity index (χ2n) is 6.62. The van der Waals surface area contributed by atoms with Crippen molar-refractivity contribution in [3.63, 3.8) is 0 Å². The number of hydrogen-bond acceptors (Lipinski definition) is 4. The second kappa shape index (κ2) is 7.37. The highest BCUT2D eigenvalue weighted by Gasteiger charge is 2.30. The van der Waals surface area contributed by atoms with E-state index in [1.807, 2.05) is 60.4 Å². The Bertz CT molecular complexity index is 993. The fourth-order valence-corrected chi connectivity index (χ4v) is 4.33. The van der Waals surface area contributed by atoms with E-state index < -0.39 is 0 Å². The second-order valence-corrected chi connectivity index (χ2v) is 7.82. The van der Waals surface area contributed by atoms with Gasteiger partial charge in [-0.15, -0.1) is 11.3 Å². The van der Waals surface area contributed by atoms with Gasteiger partial charge in [0.15, 0.2) is 0 Å². The van der Waals surface area contributed by atoms with Crippen LogP contribution < -0.4 is 0 Å². The van der Waals surface area contributed by atoms with Crippen LogP contribution in [0.4, 0.5) is 0 Å². The number of thiazole rings is 1. The molecular formula is C22H21N3OS. The van der Waals surface area contributed by atoms with Crippen LogP contribution in [0.25, 0.3) is 16.8 Å². The first-order chi connectivity index (χ1) is 13.1. The highest BCUT2D eigenvalue weighted by molar-refractivity contribution is 7.13. The maximum Gasteiger partial charge on any atom is 0.135 e. The first kappa shape index (κ1) is 17.5. The molecule has 0 radical (unpaired) electrons. The van der Waals surface area contributed by atoms with Crippen molar-refractivity contribution in [2.24, 2.45) is 0 Å². The Labute approximate surface area is 163 Å². The zero-order valence-corrected chi connectivity index (χ0v) is 16.0. The van der Waals surface area contributed by atoms with E-state index in [9.17, 15) is 5.11 Å². The fourth-order valence-electron chi connectivity index (χ4n) is 3.33. The average Bonchev–Trinajstić information content (AvgIpc) is 3.20. The van der Waals surface area contributed by atoms with Gasteiger partial charge >= 0.3 is 0 Å². The molecule has 136 valence electrons. The number of amidine groups is 1. The maximum atomic E-state index is 10.5. The molecule has 2 N–H and O–H groups in total. The van der Waals surface area contributed by atoms with Crippen LogP contribution in [0, 0.1) is 12.3 Å². The lowest BCUT2D eigenvalue weighted by Crippen LogP contribution is -2.28. The third kappa shape index (κ3) is 3.51. The van der Waals surface area contributed by atoms with Gasteiger partial charge in [-0.2, -0.15) is 0 Å². The Hall–Kier alpha value is -2.92. The van der Waals surface area contributed by atoms with E-state index in [1.165, 1.54) is 16.9 Å². The summed E-state index contributed by atoms with van der Waals surface area (Å²) in [5.74, 6) is 0.596. The molecule has 0 fully saturated rings. The molecule has 0 saturated carbocycles. The van der Waals surface area contributed by atoms with Crippen LogP contribution in [0.3, 0.4) is 0 Å². The van der Waals surface area contributed by atoms with Gasteiger partial charge in [0.2, 0.25) is 0 Å². The van der Waals surface area contributed by atoms with Crippen molar-refractivity contribution in [2.45, 2.75) is 13.3 Å². The molecule has 27 heavy (non-hydrogen) atoms. The summed E-state index contributed by atoms with van der Waals surface area (Å²) in [5.41, 5.74) is 3.78. The number of nitrogens with one attached hydrogen (secondary N) is 1. The molecule has 0 aliphatic carbocycles. The summed E-state index contributed by atoms with van der Waals surface area (Å²) in [7, 11) is 0. The standard InChI is InChI=1S/C22H21N3OS/c1-15-20(17-10-6-3-7-11-17)24-22(27-15)19-18(26)14-25(21(19)23)13-12-16-8-4-2-5-9-16/h2-11,23,26H,12-14H2,1H3. The van der Waals surface area contributed by atoms with Crippen LogP contribution in [0.1, 0.15) is 15.4 Å². The number of rotatable bonds is 5. The van der Waals surface area contributed by atoms with E-state index in [1.54, 1.807) is 0 Å². The summed E-state index contributed by atoms with van der Waals surface area (Å²) in [6.45, 7) is 3.11. The van der Waals surface area contributed by atoms with Crippen molar-refractivity contribution in [1.29, 1.82) is 5.41 Å². The normalized spacial score (nSPS) is 14.3. The lowest BCUT2D eigenvalue weighted by atomic mass is 10.1. The molecule has 1 aliphatic rings. The predicted molar refractivity (Wildman–Crippen MR) is 111 cm³/mol. The summed E-state index contributed by atoms with van der Waals surface area (Å²) < 4.78 is 0. The Morgan fingerprint density at radius 1 is 1.07 bits per heavy atom. The first-order valence-corrected chi connectivity index (χ1v) is 9.78. The molecule has 4 rings (SSSR count). The summed E-state index contributed by atoms with van der Waals surface area (Å²) in [6.07, 6.45) is 0.843. The maximum absolute atomic E-state index is 10.5. The molecule has 0 spiro atoms. The summed E-state index contributed by atoms with van der Waals surface area (Å²) in [5, 5.41) is 19.8. The lowest BCUT2D eigenvalue weighted by Gasteiger charge is -2.18. The van der Waals surface area contributed by atoms with Crippen molar-refractivity contribution in [3.8, 4) is 11.3 Å². The third-order valence-corrected chi connectivity index (χ3v) is 5.74. The Morgan fingerprint density at radius 2 is 1.74 bits per heavy atom. The van der Waals surface area contributed by atoms with Gasteiger partial charge in [0.25, 0.3) is 0 Å². The smallest absolute Gasteiger partial charge is 0.135 e. The van der Waals surface area contributed by atoms with E-state index >= 15 is 0 Å². The van der Waals surface area contributed by atoms with E-state index in [0.29, 0.717) is 24.5 Å². The molecular weight excluding hydrogens is 354 g/mol. The number of aryl methyl sites for hydroxylation is 1. The molecule has 5 heteroatoms. The van der Waals surface area contributed by atoms with Crippen molar-refractivity contribution in [2.75, 3.05) is 13.1 Å². The van der Waals surface area contributed by atoms with Gasteiger partial charge in [0.05, 0.1) is 17.8 Å². The van der Waals surface area contributed by atoms with Crippen LogP contribution in [-0.4, -0.2) is 33.9 Å². The molecule has 2 aromatic carbocycles. The minimum atomic E-state index is 0.237. The van der Waals surface area contributed by atoms with Crippen molar-refractivity contribution >= 4 is 22.7 Å². The lowest BCUT2D eigenvalue weighted by molar-refractivity contribution is 0.351. The van der Waals surface area contributed by atoms with E-state index in [0.717, 1.165) is 27.6 Å². The van der Waals surface area contributed by atoms with Gasteiger partial charge in [0, 0.05) is 17.0 Å². The highest BCUT2D eigenvalue weighted by Crippen LogP contribution is 2.35. The SMILES string of the molecule is Cc1sc(C2=C(O)CN(CCc3ccccc3)C2=N)nc1-c1ccccc1. The van der Waals surface area contributed by atoms with E-state index in [4.69, 9.17) is 10.4 Å². The molecule has 4 nitrogen and oxygen atoms in total. The average molecular weight is 375 g/mol. The van der Waals surface area contributed by atoms with Crippen molar-refractivity contribution < 1.29 is 5.11 Å². The zero-order valence-electron chi connectivity index (χ0n) is 15.1. The number of aliphatic hydroxyl groups excluding tert-OH is 1. The fraction of sp³-hybridized carbons (Fsp3) is 0.182. The van der Waals surface area contributed by atoms with Gasteiger partial charge in [-0.05, 0) is 18.9 Å². The summed E-state index contributed by atoms with van der Waals surface area (Å²) in [6, 6.07) is 20.3. The molecule has 1 aliphatic heterocycles. The molecule has 1 aromatic heterocycles. The van der Waals surface area contributed by atoms with Gasteiger partial charge < -0.3 is 10.0 Å². The van der Waals surface area contributed by atoms with Gasteiger partial charge in [-0.3, -0.25) is 5.41 Å². The molecule has 2 heterocycles. The van der Waals surface area contributed by atoms with Crippen LogP contribution in [-0.2, 0) is 6.42 Å². The predicted octanol–water partition coefficient (Wildman–Crippen LogP) is 4.92. The minimum Gasteiger partial charge on any atom is -0.510 e. The minimum absolute atomic E-state index is 0.237. The molecule has 3 aromatic rings. The number of benzene rings is 2. The topological polar surface area (TPSA) is 60.2 Å². The molecule has 0 saturated heterocycles. The Kier molecular flexibility index (Phi) is 4.77. The number of aliphatic hydroxyl groups is 1. The van der Waals surface area contributed by atoms with E-state index in [2.05, 4.69) is 12.1 Å². The summed E-state index contributed by atoms with van der Waals surface area (Å²) in [4.78, 5) is 7.75. The first-order valence-electron chi connectivity index (χ1n) is 8.96. The van der Waals surface area contributed by atoms with Gasteiger partial charge in [-0.25, -0.2) is 4.98 Å². The van der Waals surface area contributed by atoms with Gasteiger partial charge in [-0.1, -0.05) is 60.7 Å². The molecule has 0 unspecified atom stereocenters. The molecule has 0 amide bonds. The van der Waals surface area contributed by atoms with Crippen molar-refractivity contribution in [3.05, 3.63) is 81.9 Å². The Morgan fingerprint density at radius 3 is 2.44 bits per heavy atom. The Balaban J connectivity index is 1.54. The number of nitrogens with zero attached hydrogens (tertiary/aromatic N) is 2. The number of hydrogen-bond donors (Lipinski definition) is 2. The van der Waals surface area contributed by atoms with Crippen LogP contribution >= 0.6 is 11.3 Å². The monoisotopic (exact) mass is 375 g/mol. The van der Waals surface area contributed by atoms with Crippen LogP contribution in [0.15, 0.2) is 66.4 Å². The number of aromatic nitrogens is 1. The quantitative estimate of drug-likeness (QED) is 0.665. The highest BCUT2D eigenvalue weighted by atomic mass is 32.1.